The van der Waals surface area contributed by atoms with Gasteiger partial charge < -0.3 is 19.5 Å². The van der Waals surface area contributed by atoms with Crippen LogP contribution in [0.25, 0.3) is 0 Å². The van der Waals surface area contributed by atoms with Gasteiger partial charge in [-0.05, 0) is 55.5 Å². The number of sulfonamides is 1. The minimum atomic E-state index is -4.35. The maximum absolute atomic E-state index is 14.0. The third-order valence-corrected chi connectivity index (χ3v) is 7.33. The summed E-state index contributed by atoms with van der Waals surface area (Å²) in [6.07, 6.45) is 0. The van der Waals surface area contributed by atoms with Crippen molar-refractivity contribution in [3.63, 3.8) is 0 Å². The molecule has 0 radical (unpaired) electrons. The highest BCUT2D eigenvalue weighted by Crippen LogP contribution is 2.34. The second-order valence-corrected chi connectivity index (χ2v) is 10.0. The molecule has 1 heterocycles. The maximum atomic E-state index is 14.0. The van der Waals surface area contributed by atoms with E-state index >= 15 is 0 Å². The molecule has 0 spiro atoms. The molecule has 0 atom stereocenters. The van der Waals surface area contributed by atoms with Crippen LogP contribution >= 0.6 is 11.6 Å². The minimum Gasteiger partial charge on any atom is -0.486 e. The zero-order valence-electron chi connectivity index (χ0n) is 19.6. The van der Waals surface area contributed by atoms with E-state index in [1.54, 1.807) is 6.92 Å². The number of esters is 1. The van der Waals surface area contributed by atoms with Crippen LogP contribution in [0.4, 0.5) is 15.8 Å². The van der Waals surface area contributed by atoms with E-state index in [1.165, 1.54) is 48.5 Å². The summed E-state index contributed by atoms with van der Waals surface area (Å²) in [6.45, 7) is 1.66. The average Bonchev–Trinajstić information content (AvgIpc) is 2.88. The molecule has 4 rings (SSSR count). The van der Waals surface area contributed by atoms with Crippen molar-refractivity contribution >= 4 is 44.9 Å². The Hall–Kier alpha value is -3.83. The van der Waals surface area contributed by atoms with E-state index in [1.807, 2.05) is 0 Å². The number of anilines is 2. The molecule has 0 bridgehead atoms. The highest BCUT2D eigenvalue weighted by molar-refractivity contribution is 7.92. The molecule has 1 aliphatic rings. The van der Waals surface area contributed by atoms with Crippen LogP contribution in [0, 0.1) is 5.82 Å². The van der Waals surface area contributed by atoms with Gasteiger partial charge in [0, 0.05) is 11.8 Å². The molecule has 0 aromatic heterocycles. The summed E-state index contributed by atoms with van der Waals surface area (Å²) in [5, 5.41) is 2.67. The zero-order valence-corrected chi connectivity index (χ0v) is 21.1. The summed E-state index contributed by atoms with van der Waals surface area (Å²) in [5.41, 5.74) is 0.161. The zero-order chi connectivity index (χ0) is 26.6. The van der Waals surface area contributed by atoms with Crippen LogP contribution in [-0.2, 0) is 19.6 Å². The number of carbonyl (C=O) groups excluding carboxylic acids is 2. The van der Waals surface area contributed by atoms with Crippen molar-refractivity contribution in [2.24, 2.45) is 0 Å². The van der Waals surface area contributed by atoms with Gasteiger partial charge >= 0.3 is 5.97 Å². The fourth-order valence-corrected chi connectivity index (χ4v) is 5.18. The number of amides is 1. The maximum Gasteiger partial charge on any atom is 0.339 e. The van der Waals surface area contributed by atoms with E-state index in [0.717, 1.165) is 16.4 Å². The van der Waals surface area contributed by atoms with Crippen LogP contribution in [0.2, 0.25) is 5.02 Å². The van der Waals surface area contributed by atoms with Crippen LogP contribution in [0.5, 0.6) is 11.5 Å². The largest absolute Gasteiger partial charge is 0.486 e. The Bertz CT molecular complexity index is 1450. The number of nitrogens with zero attached hydrogens (tertiary/aromatic N) is 1. The Balaban J connectivity index is 1.64. The van der Waals surface area contributed by atoms with Crippen LogP contribution in [0.15, 0.2) is 65.6 Å². The summed E-state index contributed by atoms with van der Waals surface area (Å²) in [4.78, 5) is 24.9. The number of benzene rings is 3. The topological polar surface area (TPSA) is 111 Å². The smallest absolute Gasteiger partial charge is 0.339 e. The van der Waals surface area contributed by atoms with Crippen molar-refractivity contribution in [3.8, 4) is 11.5 Å². The van der Waals surface area contributed by atoms with Crippen LogP contribution in [0.3, 0.4) is 0 Å². The first-order valence-electron chi connectivity index (χ1n) is 11.1. The Morgan fingerprint density at radius 3 is 2.54 bits per heavy atom. The summed E-state index contributed by atoms with van der Waals surface area (Å²) in [5.74, 6) is -1.48. The number of fused-ring (bicyclic) bond motifs is 1. The lowest BCUT2D eigenvalue weighted by atomic mass is 10.2. The first-order chi connectivity index (χ1) is 17.7. The number of carbonyl (C=O) groups is 2. The molecule has 1 aliphatic heterocycles. The number of ether oxygens (including phenoxy) is 3. The van der Waals surface area contributed by atoms with Crippen molar-refractivity contribution < 1.29 is 36.6 Å². The van der Waals surface area contributed by atoms with E-state index in [-0.39, 0.29) is 45.8 Å². The summed E-state index contributed by atoms with van der Waals surface area (Å²) in [6, 6.07) is 13.1. The second kappa shape index (κ2) is 11.1. The third kappa shape index (κ3) is 5.95. The summed E-state index contributed by atoms with van der Waals surface area (Å²) in [7, 11) is -4.35. The molecule has 0 saturated heterocycles. The van der Waals surface area contributed by atoms with Crippen LogP contribution in [0.1, 0.15) is 17.3 Å². The lowest BCUT2D eigenvalue weighted by Crippen LogP contribution is -2.38. The predicted molar refractivity (Wildman–Crippen MR) is 134 cm³/mol. The molecule has 1 N–H and O–H groups in total. The van der Waals surface area contributed by atoms with Gasteiger partial charge in [0.25, 0.3) is 10.0 Å². The Kier molecular flexibility index (Phi) is 7.84. The summed E-state index contributed by atoms with van der Waals surface area (Å²) < 4.78 is 57.9. The lowest BCUT2D eigenvalue weighted by molar-refractivity contribution is -0.114. The van der Waals surface area contributed by atoms with Crippen molar-refractivity contribution in [1.29, 1.82) is 0 Å². The van der Waals surface area contributed by atoms with Crippen LogP contribution in [-0.4, -0.2) is 46.7 Å². The first-order valence-corrected chi connectivity index (χ1v) is 13.0. The van der Waals surface area contributed by atoms with Crippen molar-refractivity contribution in [3.05, 3.63) is 77.1 Å². The lowest BCUT2D eigenvalue weighted by Gasteiger charge is -2.25. The monoisotopic (exact) mass is 548 g/mol. The van der Waals surface area contributed by atoms with Gasteiger partial charge in [-0.25, -0.2) is 17.6 Å². The molecule has 0 unspecified atom stereocenters. The molecule has 12 heteroatoms. The molecular weight excluding hydrogens is 527 g/mol. The second-order valence-electron chi connectivity index (χ2n) is 7.76. The fraction of sp³-hybridized carbons (Fsp3) is 0.200. The number of rotatable bonds is 8. The van der Waals surface area contributed by atoms with Crippen LogP contribution < -0.4 is 19.1 Å². The molecule has 0 aliphatic carbocycles. The molecule has 9 nitrogen and oxygen atoms in total. The highest BCUT2D eigenvalue weighted by atomic mass is 35.5. The number of hydrogen-bond donors (Lipinski definition) is 1. The third-order valence-electron chi connectivity index (χ3n) is 5.23. The SMILES string of the molecule is CCOC(=O)c1cc(NC(=O)CN(c2cccc(F)c2)S(=O)(=O)c2ccc3c(c2)OCCO3)ccc1Cl. The van der Waals surface area contributed by atoms with Gasteiger partial charge in [0.2, 0.25) is 5.91 Å². The molecular formula is C25H22ClFN2O7S. The molecule has 3 aromatic rings. The molecule has 1 amide bonds. The minimum absolute atomic E-state index is 0.0344. The first kappa shape index (κ1) is 26.2. The van der Waals surface area contributed by atoms with E-state index in [2.05, 4.69) is 5.32 Å². The average molecular weight is 549 g/mol. The molecule has 3 aromatic carbocycles. The van der Waals surface area contributed by atoms with E-state index < -0.39 is 34.3 Å². The highest BCUT2D eigenvalue weighted by Gasteiger charge is 2.29. The van der Waals surface area contributed by atoms with E-state index in [4.69, 9.17) is 25.8 Å². The van der Waals surface area contributed by atoms with Crippen molar-refractivity contribution in [2.75, 3.05) is 36.0 Å². The quantitative estimate of drug-likeness (QED) is 0.419. The fourth-order valence-electron chi connectivity index (χ4n) is 3.56. The number of nitrogens with one attached hydrogen (secondary N) is 1. The van der Waals surface area contributed by atoms with Gasteiger partial charge in [-0.3, -0.25) is 9.10 Å². The van der Waals surface area contributed by atoms with E-state index in [0.29, 0.717) is 12.4 Å². The van der Waals surface area contributed by atoms with Crippen molar-refractivity contribution in [2.45, 2.75) is 11.8 Å². The molecule has 194 valence electrons. The molecule has 0 saturated carbocycles. The van der Waals surface area contributed by atoms with Gasteiger partial charge in [-0.1, -0.05) is 17.7 Å². The van der Waals surface area contributed by atoms with Gasteiger partial charge in [-0.15, -0.1) is 0 Å². The number of hydrogen-bond acceptors (Lipinski definition) is 7. The Morgan fingerprint density at radius 1 is 1.05 bits per heavy atom. The molecule has 37 heavy (non-hydrogen) atoms. The Morgan fingerprint density at radius 2 is 1.81 bits per heavy atom. The van der Waals surface area contributed by atoms with E-state index in [9.17, 15) is 22.4 Å². The van der Waals surface area contributed by atoms with Crippen molar-refractivity contribution in [1.82, 2.24) is 0 Å². The van der Waals surface area contributed by atoms with Gasteiger partial charge in [-0.2, -0.15) is 0 Å². The molecule has 0 fully saturated rings. The standard InChI is InChI=1S/C25H22ClFN2O7S/c1-2-34-25(31)20-13-17(6-8-21(20)26)28-24(30)15-29(18-5-3-4-16(27)12-18)37(32,33)19-7-9-22-23(14-19)36-11-10-35-22/h3-9,12-14H,2,10-11,15H2,1H3,(H,28,30). The Labute approximate surface area is 217 Å². The van der Waals surface area contributed by atoms with Gasteiger partial charge in [0.05, 0.1) is 27.8 Å². The number of halogens is 2. The predicted octanol–water partition coefficient (Wildman–Crippen LogP) is 4.26. The normalized spacial score (nSPS) is 12.5. The summed E-state index contributed by atoms with van der Waals surface area (Å²) >= 11 is 6.06. The van der Waals surface area contributed by atoms with Gasteiger partial charge in [0.15, 0.2) is 11.5 Å². The van der Waals surface area contributed by atoms with Gasteiger partial charge in [0.1, 0.15) is 25.6 Å².